The Hall–Kier alpha value is 0.160. The number of hydrogen-bond acceptors (Lipinski definition) is 2. The smallest absolute Gasteiger partial charge is 0.0624 e. The van der Waals surface area contributed by atoms with Crippen LogP contribution in [0.2, 0.25) is 5.02 Å². The summed E-state index contributed by atoms with van der Waals surface area (Å²) < 4.78 is 0.954. The van der Waals surface area contributed by atoms with E-state index in [0.717, 1.165) is 9.13 Å². The summed E-state index contributed by atoms with van der Waals surface area (Å²) in [6.07, 6.45) is 0. The van der Waals surface area contributed by atoms with E-state index in [1.165, 1.54) is 0 Å². The van der Waals surface area contributed by atoms with E-state index in [4.69, 9.17) is 22.4 Å². The number of aliphatic hydroxyl groups excluding tert-OH is 1. The van der Waals surface area contributed by atoms with Crippen molar-refractivity contribution in [3.05, 3.63) is 32.4 Å². The molecule has 0 aliphatic heterocycles. The summed E-state index contributed by atoms with van der Waals surface area (Å²) in [5, 5.41) is 9.50. The Bertz CT molecular complexity index is 280. The lowest BCUT2D eigenvalue weighted by Gasteiger charge is -2.08. The molecule has 0 unspecified atom stereocenters. The van der Waals surface area contributed by atoms with Gasteiger partial charge in [-0.1, -0.05) is 17.7 Å². The summed E-state index contributed by atoms with van der Waals surface area (Å²) in [7, 11) is 0. The lowest BCUT2D eigenvalue weighted by Crippen LogP contribution is -2.14. The summed E-state index contributed by atoms with van der Waals surface area (Å²) >= 11 is 7.95. The third-order valence-corrected chi connectivity index (χ3v) is 3.11. The molecule has 66 valence electrons. The molecule has 0 radical (unpaired) electrons. The highest BCUT2D eigenvalue weighted by Gasteiger charge is 2.05. The average Bonchev–Trinajstić information content (AvgIpc) is 2.08. The fourth-order valence-electron chi connectivity index (χ4n) is 0.848. The third-order valence-electron chi connectivity index (χ3n) is 1.57. The van der Waals surface area contributed by atoms with Gasteiger partial charge in [0.25, 0.3) is 0 Å². The van der Waals surface area contributed by atoms with Crippen molar-refractivity contribution in [2.45, 2.75) is 6.04 Å². The summed E-state index contributed by atoms with van der Waals surface area (Å²) in [4.78, 5) is 0. The van der Waals surface area contributed by atoms with Crippen molar-refractivity contribution in [3.8, 4) is 0 Å². The SMILES string of the molecule is N[C@@H](CO)c1ccc(Cl)c(I)c1. The van der Waals surface area contributed by atoms with Crippen molar-refractivity contribution in [1.82, 2.24) is 0 Å². The summed E-state index contributed by atoms with van der Waals surface area (Å²) in [6, 6.07) is 5.18. The second kappa shape index (κ2) is 4.41. The van der Waals surface area contributed by atoms with E-state index in [1.54, 1.807) is 6.07 Å². The second-order valence-electron chi connectivity index (χ2n) is 2.46. The van der Waals surface area contributed by atoms with Gasteiger partial charge in [-0.05, 0) is 40.3 Å². The predicted molar refractivity (Wildman–Crippen MR) is 58.2 cm³/mol. The molecule has 1 aromatic rings. The lowest BCUT2D eigenvalue weighted by atomic mass is 10.1. The van der Waals surface area contributed by atoms with Crippen LogP contribution in [0.4, 0.5) is 0 Å². The molecule has 0 aliphatic rings. The summed E-state index contributed by atoms with van der Waals surface area (Å²) in [5.74, 6) is 0. The molecule has 0 saturated heterocycles. The molecule has 0 spiro atoms. The first kappa shape index (κ1) is 10.2. The molecule has 0 aliphatic carbocycles. The Kier molecular flexibility index (Phi) is 3.77. The topological polar surface area (TPSA) is 46.2 Å². The maximum atomic E-state index is 8.79. The van der Waals surface area contributed by atoms with Crippen molar-refractivity contribution in [2.24, 2.45) is 5.73 Å². The summed E-state index contributed by atoms with van der Waals surface area (Å²) in [6.45, 7) is -0.0439. The van der Waals surface area contributed by atoms with Gasteiger partial charge in [0.2, 0.25) is 0 Å². The van der Waals surface area contributed by atoms with Crippen LogP contribution in [0.15, 0.2) is 18.2 Å². The van der Waals surface area contributed by atoms with Crippen LogP contribution in [0.1, 0.15) is 11.6 Å². The van der Waals surface area contributed by atoms with Gasteiger partial charge in [0.15, 0.2) is 0 Å². The van der Waals surface area contributed by atoms with Crippen LogP contribution >= 0.6 is 34.2 Å². The van der Waals surface area contributed by atoms with Crippen LogP contribution in [0, 0.1) is 3.57 Å². The predicted octanol–water partition coefficient (Wildman–Crippen LogP) is 1.94. The zero-order valence-corrected chi connectivity index (χ0v) is 9.21. The molecule has 12 heavy (non-hydrogen) atoms. The Labute approximate surface area is 89.9 Å². The molecule has 0 bridgehead atoms. The Morgan fingerprint density at radius 3 is 2.75 bits per heavy atom. The van der Waals surface area contributed by atoms with Gasteiger partial charge in [0, 0.05) is 3.57 Å². The monoisotopic (exact) mass is 297 g/mol. The van der Waals surface area contributed by atoms with E-state index in [-0.39, 0.29) is 12.6 Å². The van der Waals surface area contributed by atoms with Gasteiger partial charge >= 0.3 is 0 Å². The van der Waals surface area contributed by atoms with Crippen molar-refractivity contribution in [3.63, 3.8) is 0 Å². The van der Waals surface area contributed by atoms with E-state index in [0.29, 0.717) is 5.02 Å². The number of halogens is 2. The number of rotatable bonds is 2. The van der Waals surface area contributed by atoms with Gasteiger partial charge in [-0.25, -0.2) is 0 Å². The van der Waals surface area contributed by atoms with Crippen molar-refractivity contribution in [2.75, 3.05) is 6.61 Å². The highest BCUT2D eigenvalue weighted by atomic mass is 127. The van der Waals surface area contributed by atoms with Crippen molar-refractivity contribution >= 4 is 34.2 Å². The van der Waals surface area contributed by atoms with Crippen LogP contribution in [-0.2, 0) is 0 Å². The first-order valence-corrected chi connectivity index (χ1v) is 4.92. The first-order chi connectivity index (χ1) is 5.65. The average molecular weight is 298 g/mol. The highest BCUT2D eigenvalue weighted by molar-refractivity contribution is 14.1. The van der Waals surface area contributed by atoms with Crippen molar-refractivity contribution < 1.29 is 5.11 Å². The van der Waals surface area contributed by atoms with Gasteiger partial charge in [-0.15, -0.1) is 0 Å². The molecule has 3 N–H and O–H groups in total. The second-order valence-corrected chi connectivity index (χ2v) is 4.03. The van der Waals surface area contributed by atoms with Gasteiger partial charge in [-0.3, -0.25) is 0 Å². The number of hydrogen-bond donors (Lipinski definition) is 2. The van der Waals surface area contributed by atoms with Crippen molar-refractivity contribution in [1.29, 1.82) is 0 Å². The fraction of sp³-hybridized carbons (Fsp3) is 0.250. The standard InChI is InChI=1S/C8H9ClINO/c9-6-2-1-5(3-7(6)10)8(11)4-12/h1-3,8,12H,4,11H2/t8-/m0/s1. The van der Waals surface area contributed by atoms with E-state index >= 15 is 0 Å². The third kappa shape index (κ3) is 2.32. The molecule has 1 aromatic carbocycles. The largest absolute Gasteiger partial charge is 0.394 e. The minimum Gasteiger partial charge on any atom is -0.394 e. The molecule has 4 heteroatoms. The quantitative estimate of drug-likeness (QED) is 0.820. The molecule has 0 heterocycles. The zero-order valence-electron chi connectivity index (χ0n) is 6.30. The number of benzene rings is 1. The van der Waals surface area contributed by atoms with Gasteiger partial charge in [0.1, 0.15) is 0 Å². The van der Waals surface area contributed by atoms with Crippen LogP contribution in [0.25, 0.3) is 0 Å². The molecule has 0 saturated carbocycles. The maximum Gasteiger partial charge on any atom is 0.0624 e. The van der Waals surface area contributed by atoms with Crippen LogP contribution in [0.3, 0.4) is 0 Å². The minimum atomic E-state index is -0.309. The number of aliphatic hydroxyl groups is 1. The summed E-state index contributed by atoms with van der Waals surface area (Å²) in [5.41, 5.74) is 6.53. The van der Waals surface area contributed by atoms with Gasteiger partial charge in [0.05, 0.1) is 17.7 Å². The van der Waals surface area contributed by atoms with E-state index < -0.39 is 0 Å². The van der Waals surface area contributed by atoms with E-state index in [1.807, 2.05) is 12.1 Å². The lowest BCUT2D eigenvalue weighted by molar-refractivity contribution is 0.268. The number of nitrogens with two attached hydrogens (primary N) is 1. The molecular weight excluding hydrogens is 288 g/mol. The molecular formula is C8H9ClINO. The molecule has 1 rings (SSSR count). The molecule has 0 fully saturated rings. The van der Waals surface area contributed by atoms with Crippen LogP contribution < -0.4 is 5.73 Å². The maximum absolute atomic E-state index is 8.79. The van der Waals surface area contributed by atoms with E-state index in [2.05, 4.69) is 22.6 Å². The van der Waals surface area contributed by atoms with Gasteiger partial charge in [-0.2, -0.15) is 0 Å². The minimum absolute atomic E-state index is 0.0439. The molecule has 0 aromatic heterocycles. The molecule has 1 atom stereocenters. The molecule has 2 nitrogen and oxygen atoms in total. The zero-order chi connectivity index (χ0) is 9.14. The fourth-order valence-corrected chi connectivity index (χ4v) is 1.51. The Morgan fingerprint density at radius 2 is 2.25 bits per heavy atom. The first-order valence-electron chi connectivity index (χ1n) is 3.46. The Balaban J connectivity index is 2.96. The highest BCUT2D eigenvalue weighted by Crippen LogP contribution is 2.21. The van der Waals surface area contributed by atoms with Crippen LogP contribution in [-0.4, -0.2) is 11.7 Å². The Morgan fingerprint density at radius 1 is 1.58 bits per heavy atom. The van der Waals surface area contributed by atoms with Crippen LogP contribution in [0.5, 0.6) is 0 Å². The van der Waals surface area contributed by atoms with E-state index in [9.17, 15) is 0 Å². The normalized spacial score (nSPS) is 13.0. The van der Waals surface area contributed by atoms with Gasteiger partial charge < -0.3 is 10.8 Å². The molecule has 0 amide bonds.